The molecular formula is C16H14O3S. The number of carbonyl (C=O) groups is 1. The van der Waals surface area contributed by atoms with Gasteiger partial charge in [0, 0.05) is 10.4 Å². The van der Waals surface area contributed by atoms with Gasteiger partial charge in [0.05, 0.1) is 6.61 Å². The van der Waals surface area contributed by atoms with Crippen LogP contribution < -0.4 is 4.74 Å². The third kappa shape index (κ3) is 3.56. The summed E-state index contributed by atoms with van der Waals surface area (Å²) in [6.45, 7) is 1.31. The fourth-order valence-corrected chi connectivity index (χ4v) is 2.35. The largest absolute Gasteiger partial charge is 0.491 e. The molecule has 0 spiro atoms. The summed E-state index contributed by atoms with van der Waals surface area (Å²) in [7, 11) is 0. The molecule has 20 heavy (non-hydrogen) atoms. The van der Waals surface area contributed by atoms with Crippen molar-refractivity contribution >= 4 is 23.2 Å². The van der Waals surface area contributed by atoms with E-state index < -0.39 is 0 Å². The number of thiophene rings is 1. The molecule has 1 aliphatic heterocycles. The zero-order valence-corrected chi connectivity index (χ0v) is 11.6. The molecule has 0 bridgehead atoms. The van der Waals surface area contributed by atoms with E-state index >= 15 is 0 Å². The van der Waals surface area contributed by atoms with Crippen LogP contribution in [-0.2, 0) is 4.74 Å². The molecule has 3 nitrogen and oxygen atoms in total. The summed E-state index contributed by atoms with van der Waals surface area (Å²) in [5.41, 5.74) is 0.632. The van der Waals surface area contributed by atoms with Crippen LogP contribution in [0.2, 0.25) is 0 Å². The molecule has 1 unspecified atom stereocenters. The van der Waals surface area contributed by atoms with Crippen LogP contribution in [0.5, 0.6) is 5.75 Å². The van der Waals surface area contributed by atoms with E-state index in [2.05, 4.69) is 0 Å². The summed E-state index contributed by atoms with van der Waals surface area (Å²) in [6.07, 6.45) is 3.64. The van der Waals surface area contributed by atoms with Gasteiger partial charge in [-0.05, 0) is 35.7 Å². The van der Waals surface area contributed by atoms with Crippen molar-refractivity contribution in [3.8, 4) is 5.75 Å². The number of epoxide rings is 1. The first-order valence-corrected chi connectivity index (χ1v) is 7.29. The highest BCUT2D eigenvalue weighted by molar-refractivity contribution is 7.10. The third-order valence-electron chi connectivity index (χ3n) is 2.90. The Balaban J connectivity index is 1.65. The Bertz CT molecular complexity index is 612. The molecule has 0 N–H and O–H groups in total. The first kappa shape index (κ1) is 13.1. The minimum atomic E-state index is -0.0217. The van der Waals surface area contributed by atoms with E-state index in [1.54, 1.807) is 29.5 Å². The SMILES string of the molecule is O=C(/C=C/c1cccs1)c1cccc(OCC2CO2)c1. The number of allylic oxidation sites excluding steroid dienone is 1. The van der Waals surface area contributed by atoms with Crippen molar-refractivity contribution in [1.82, 2.24) is 0 Å². The number of ketones is 1. The first-order chi connectivity index (χ1) is 9.81. The van der Waals surface area contributed by atoms with Crippen LogP contribution in [-0.4, -0.2) is 25.1 Å². The van der Waals surface area contributed by atoms with Crippen molar-refractivity contribution in [3.05, 3.63) is 58.3 Å². The van der Waals surface area contributed by atoms with Crippen molar-refractivity contribution in [2.75, 3.05) is 13.2 Å². The summed E-state index contributed by atoms with van der Waals surface area (Å²) in [5, 5.41) is 1.98. The molecular weight excluding hydrogens is 272 g/mol. The van der Waals surface area contributed by atoms with E-state index in [1.165, 1.54) is 0 Å². The van der Waals surface area contributed by atoms with Gasteiger partial charge in [-0.2, -0.15) is 0 Å². The molecule has 1 aromatic heterocycles. The molecule has 1 aromatic carbocycles. The van der Waals surface area contributed by atoms with Gasteiger partial charge < -0.3 is 9.47 Å². The van der Waals surface area contributed by atoms with E-state index in [9.17, 15) is 4.79 Å². The summed E-state index contributed by atoms with van der Waals surface area (Å²) < 4.78 is 10.7. The average Bonchev–Trinajstić information content (AvgIpc) is 3.17. The van der Waals surface area contributed by atoms with Crippen LogP contribution >= 0.6 is 11.3 Å². The molecule has 0 amide bonds. The molecule has 4 heteroatoms. The lowest BCUT2D eigenvalue weighted by molar-refractivity contribution is 0.104. The zero-order chi connectivity index (χ0) is 13.8. The fourth-order valence-electron chi connectivity index (χ4n) is 1.73. The lowest BCUT2D eigenvalue weighted by Gasteiger charge is -2.05. The highest BCUT2D eigenvalue weighted by atomic mass is 32.1. The third-order valence-corrected chi connectivity index (χ3v) is 3.74. The van der Waals surface area contributed by atoms with Crippen LogP contribution in [0.1, 0.15) is 15.2 Å². The smallest absolute Gasteiger partial charge is 0.186 e. The predicted octanol–water partition coefficient (Wildman–Crippen LogP) is 3.42. The monoisotopic (exact) mass is 286 g/mol. The standard InChI is InChI=1S/C16H14O3S/c17-16(7-6-15-5-2-8-20-15)12-3-1-4-13(9-12)18-10-14-11-19-14/h1-9,14H,10-11H2/b7-6+. The van der Waals surface area contributed by atoms with Gasteiger partial charge in [0.1, 0.15) is 18.5 Å². The second-order valence-corrected chi connectivity index (χ2v) is 5.49. The number of benzene rings is 1. The Morgan fingerprint density at radius 1 is 1.40 bits per heavy atom. The van der Waals surface area contributed by atoms with Crippen molar-refractivity contribution in [2.45, 2.75) is 6.10 Å². The number of ether oxygens (including phenoxy) is 2. The van der Waals surface area contributed by atoms with Gasteiger partial charge in [-0.3, -0.25) is 4.79 Å². The first-order valence-electron chi connectivity index (χ1n) is 6.42. The van der Waals surface area contributed by atoms with Crippen LogP contribution in [0.25, 0.3) is 6.08 Å². The van der Waals surface area contributed by atoms with Gasteiger partial charge >= 0.3 is 0 Å². The van der Waals surface area contributed by atoms with Crippen molar-refractivity contribution in [1.29, 1.82) is 0 Å². The Morgan fingerprint density at radius 3 is 3.05 bits per heavy atom. The maximum Gasteiger partial charge on any atom is 0.186 e. The van der Waals surface area contributed by atoms with Gasteiger partial charge in [0.15, 0.2) is 5.78 Å². The highest BCUT2D eigenvalue weighted by Crippen LogP contribution is 2.18. The topological polar surface area (TPSA) is 38.8 Å². The molecule has 0 radical (unpaired) electrons. The maximum atomic E-state index is 12.1. The van der Waals surface area contributed by atoms with Crippen molar-refractivity contribution in [3.63, 3.8) is 0 Å². The predicted molar refractivity (Wildman–Crippen MR) is 79.4 cm³/mol. The number of carbonyl (C=O) groups excluding carboxylic acids is 1. The maximum absolute atomic E-state index is 12.1. The zero-order valence-electron chi connectivity index (χ0n) is 10.8. The summed E-state index contributed by atoms with van der Waals surface area (Å²) in [4.78, 5) is 13.1. The average molecular weight is 286 g/mol. The van der Waals surface area contributed by atoms with Crippen LogP contribution in [0.15, 0.2) is 47.9 Å². The number of hydrogen-bond acceptors (Lipinski definition) is 4. The summed E-state index contributed by atoms with van der Waals surface area (Å²) >= 11 is 1.60. The van der Waals surface area contributed by atoms with Gasteiger partial charge in [0.25, 0.3) is 0 Å². The van der Waals surface area contributed by atoms with E-state index in [0.29, 0.717) is 17.9 Å². The Kier molecular flexibility index (Phi) is 3.95. The lowest BCUT2D eigenvalue weighted by Crippen LogP contribution is -2.04. The van der Waals surface area contributed by atoms with Gasteiger partial charge in [-0.15, -0.1) is 11.3 Å². The lowest BCUT2D eigenvalue weighted by atomic mass is 10.1. The van der Waals surface area contributed by atoms with Gasteiger partial charge in [-0.25, -0.2) is 0 Å². The molecule has 1 fully saturated rings. The van der Waals surface area contributed by atoms with Crippen LogP contribution in [0.3, 0.4) is 0 Å². The van der Waals surface area contributed by atoms with Gasteiger partial charge in [-0.1, -0.05) is 18.2 Å². The Labute approximate surface area is 121 Å². The van der Waals surface area contributed by atoms with E-state index in [1.807, 2.05) is 35.7 Å². The Hall–Kier alpha value is -1.91. The summed E-state index contributed by atoms with van der Waals surface area (Å²) in [6, 6.07) is 11.2. The van der Waals surface area contributed by atoms with E-state index in [-0.39, 0.29) is 11.9 Å². The molecule has 2 heterocycles. The Morgan fingerprint density at radius 2 is 2.30 bits per heavy atom. The molecule has 1 aliphatic rings. The van der Waals surface area contributed by atoms with Gasteiger partial charge in [0.2, 0.25) is 0 Å². The molecule has 1 atom stereocenters. The normalized spacial score (nSPS) is 17.3. The molecule has 0 saturated carbocycles. The minimum Gasteiger partial charge on any atom is -0.491 e. The van der Waals surface area contributed by atoms with Crippen molar-refractivity contribution in [2.24, 2.45) is 0 Å². The number of rotatable bonds is 6. The molecule has 3 rings (SSSR count). The minimum absolute atomic E-state index is 0.0217. The summed E-state index contributed by atoms with van der Waals surface area (Å²) in [5.74, 6) is 0.683. The van der Waals surface area contributed by atoms with Crippen LogP contribution in [0.4, 0.5) is 0 Å². The molecule has 0 aliphatic carbocycles. The second kappa shape index (κ2) is 6.03. The fraction of sp³-hybridized carbons (Fsp3) is 0.188. The van der Waals surface area contributed by atoms with E-state index in [4.69, 9.17) is 9.47 Å². The molecule has 2 aromatic rings. The molecule has 102 valence electrons. The van der Waals surface area contributed by atoms with E-state index in [0.717, 1.165) is 11.5 Å². The van der Waals surface area contributed by atoms with Crippen molar-refractivity contribution < 1.29 is 14.3 Å². The molecule has 1 saturated heterocycles. The second-order valence-electron chi connectivity index (χ2n) is 4.51. The van der Waals surface area contributed by atoms with Crippen LogP contribution in [0, 0.1) is 0 Å². The number of hydrogen-bond donors (Lipinski definition) is 0. The quantitative estimate of drug-likeness (QED) is 0.464. The highest BCUT2D eigenvalue weighted by Gasteiger charge is 2.23.